The second-order valence-electron chi connectivity index (χ2n) is 3.20. The summed E-state index contributed by atoms with van der Waals surface area (Å²) in [5, 5.41) is 2.07. The van der Waals surface area contributed by atoms with Crippen molar-refractivity contribution in [2.75, 3.05) is 0 Å². The van der Waals surface area contributed by atoms with Gasteiger partial charge < -0.3 is 10.3 Å². The third-order valence-electron chi connectivity index (χ3n) is 2.30. The fraction of sp³-hybridized carbons (Fsp3) is 0.300. The zero-order valence-electron chi connectivity index (χ0n) is 8.32. The summed E-state index contributed by atoms with van der Waals surface area (Å²) >= 11 is 1.73. The molecule has 0 aliphatic heterocycles. The van der Waals surface area contributed by atoms with Crippen LogP contribution in [0.25, 0.3) is 10.6 Å². The van der Waals surface area contributed by atoms with Crippen LogP contribution >= 0.6 is 11.3 Å². The predicted molar refractivity (Wildman–Crippen MR) is 59.1 cm³/mol. The van der Waals surface area contributed by atoms with Crippen LogP contribution in [0, 0.1) is 6.92 Å². The van der Waals surface area contributed by atoms with E-state index in [0.717, 1.165) is 11.5 Å². The SMILES string of the molecule is Cc1nc(CN)n(C)c1-c1cccs1. The second kappa shape index (κ2) is 3.55. The zero-order chi connectivity index (χ0) is 10.1. The summed E-state index contributed by atoms with van der Waals surface area (Å²) in [5.41, 5.74) is 7.84. The molecule has 3 nitrogen and oxygen atoms in total. The summed E-state index contributed by atoms with van der Waals surface area (Å²) in [6.45, 7) is 2.51. The quantitative estimate of drug-likeness (QED) is 0.817. The minimum Gasteiger partial charge on any atom is -0.329 e. The van der Waals surface area contributed by atoms with Gasteiger partial charge in [0.25, 0.3) is 0 Å². The first-order valence-electron chi connectivity index (χ1n) is 4.50. The van der Waals surface area contributed by atoms with Crippen LogP contribution in [0.1, 0.15) is 11.5 Å². The molecular weight excluding hydrogens is 194 g/mol. The average Bonchev–Trinajstić information content (AvgIpc) is 2.74. The van der Waals surface area contributed by atoms with Crippen LogP contribution in [0.3, 0.4) is 0 Å². The molecule has 0 saturated heterocycles. The molecule has 0 atom stereocenters. The molecule has 0 bridgehead atoms. The Bertz CT molecular complexity index is 428. The first-order chi connectivity index (χ1) is 6.74. The molecule has 0 aromatic carbocycles. The monoisotopic (exact) mass is 207 g/mol. The van der Waals surface area contributed by atoms with E-state index < -0.39 is 0 Å². The second-order valence-corrected chi connectivity index (χ2v) is 4.15. The molecule has 74 valence electrons. The molecule has 2 N–H and O–H groups in total. The topological polar surface area (TPSA) is 43.8 Å². The Morgan fingerprint density at radius 2 is 2.36 bits per heavy atom. The molecule has 0 amide bonds. The van der Waals surface area contributed by atoms with E-state index in [1.54, 1.807) is 11.3 Å². The first kappa shape index (κ1) is 9.43. The number of aryl methyl sites for hydroxylation is 1. The van der Waals surface area contributed by atoms with Crippen LogP contribution in [0.4, 0.5) is 0 Å². The Morgan fingerprint density at radius 3 is 2.86 bits per heavy atom. The highest BCUT2D eigenvalue weighted by atomic mass is 32.1. The van der Waals surface area contributed by atoms with Crippen LogP contribution in [-0.2, 0) is 13.6 Å². The van der Waals surface area contributed by atoms with Crippen molar-refractivity contribution in [3.63, 3.8) is 0 Å². The highest BCUT2D eigenvalue weighted by Gasteiger charge is 2.12. The molecule has 0 fully saturated rings. The van der Waals surface area contributed by atoms with E-state index in [4.69, 9.17) is 5.73 Å². The van der Waals surface area contributed by atoms with Gasteiger partial charge in [-0.05, 0) is 18.4 Å². The molecule has 4 heteroatoms. The van der Waals surface area contributed by atoms with Gasteiger partial charge in [0, 0.05) is 7.05 Å². The maximum absolute atomic E-state index is 5.61. The normalized spacial score (nSPS) is 10.8. The number of aromatic nitrogens is 2. The van der Waals surface area contributed by atoms with E-state index in [1.807, 2.05) is 14.0 Å². The molecule has 2 aromatic heterocycles. The third-order valence-corrected chi connectivity index (χ3v) is 3.18. The van der Waals surface area contributed by atoms with Crippen LogP contribution in [-0.4, -0.2) is 9.55 Å². The number of imidazole rings is 1. The minimum atomic E-state index is 0.489. The molecule has 14 heavy (non-hydrogen) atoms. The Labute approximate surface area is 87.2 Å². The average molecular weight is 207 g/mol. The summed E-state index contributed by atoms with van der Waals surface area (Å²) in [4.78, 5) is 5.68. The molecule has 0 spiro atoms. The first-order valence-corrected chi connectivity index (χ1v) is 5.38. The van der Waals surface area contributed by atoms with Gasteiger partial charge in [-0.15, -0.1) is 11.3 Å². The van der Waals surface area contributed by atoms with E-state index >= 15 is 0 Å². The highest BCUT2D eigenvalue weighted by Crippen LogP contribution is 2.27. The molecule has 2 aromatic rings. The third kappa shape index (κ3) is 1.36. The van der Waals surface area contributed by atoms with Crippen molar-refractivity contribution in [3.8, 4) is 10.6 Å². The molecule has 0 aliphatic carbocycles. The van der Waals surface area contributed by atoms with Crippen LogP contribution in [0.15, 0.2) is 17.5 Å². The van der Waals surface area contributed by atoms with Crippen LogP contribution < -0.4 is 5.73 Å². The largest absolute Gasteiger partial charge is 0.329 e. The summed E-state index contributed by atoms with van der Waals surface area (Å²) in [7, 11) is 2.01. The lowest BCUT2D eigenvalue weighted by Gasteiger charge is -2.02. The number of nitrogens with two attached hydrogens (primary N) is 1. The molecule has 0 radical (unpaired) electrons. The van der Waals surface area contributed by atoms with E-state index in [1.165, 1.54) is 10.6 Å². The van der Waals surface area contributed by atoms with Crippen molar-refractivity contribution in [1.29, 1.82) is 0 Å². The van der Waals surface area contributed by atoms with Gasteiger partial charge in [-0.25, -0.2) is 4.98 Å². The van der Waals surface area contributed by atoms with Gasteiger partial charge >= 0.3 is 0 Å². The van der Waals surface area contributed by atoms with E-state index in [-0.39, 0.29) is 0 Å². The molecule has 0 saturated carbocycles. The van der Waals surface area contributed by atoms with Crippen molar-refractivity contribution in [2.45, 2.75) is 13.5 Å². The molecule has 0 unspecified atom stereocenters. The minimum absolute atomic E-state index is 0.489. The molecular formula is C10H13N3S. The van der Waals surface area contributed by atoms with E-state index in [2.05, 4.69) is 27.1 Å². The van der Waals surface area contributed by atoms with Gasteiger partial charge in [-0.1, -0.05) is 6.07 Å². The van der Waals surface area contributed by atoms with Crippen molar-refractivity contribution < 1.29 is 0 Å². The Hall–Kier alpha value is -1.13. The molecule has 2 heterocycles. The fourth-order valence-electron chi connectivity index (χ4n) is 1.63. The number of thiophene rings is 1. The van der Waals surface area contributed by atoms with Gasteiger partial charge in [-0.3, -0.25) is 0 Å². The van der Waals surface area contributed by atoms with Crippen molar-refractivity contribution in [3.05, 3.63) is 29.0 Å². The lowest BCUT2D eigenvalue weighted by Crippen LogP contribution is -2.05. The smallest absolute Gasteiger partial charge is 0.123 e. The van der Waals surface area contributed by atoms with E-state index in [9.17, 15) is 0 Å². The fourth-order valence-corrected chi connectivity index (χ4v) is 2.49. The maximum atomic E-state index is 5.61. The standard InChI is InChI=1S/C10H13N3S/c1-7-10(8-4-3-5-14-8)13(2)9(6-11)12-7/h3-5H,6,11H2,1-2H3. The molecule has 2 rings (SSSR count). The lowest BCUT2D eigenvalue weighted by molar-refractivity contribution is 0.799. The van der Waals surface area contributed by atoms with Gasteiger partial charge in [0.2, 0.25) is 0 Å². The number of hydrogen-bond acceptors (Lipinski definition) is 3. The number of nitrogens with zero attached hydrogens (tertiary/aromatic N) is 2. The van der Waals surface area contributed by atoms with Crippen molar-refractivity contribution in [2.24, 2.45) is 12.8 Å². The Kier molecular flexibility index (Phi) is 2.39. The predicted octanol–water partition coefficient (Wildman–Crippen LogP) is 1.92. The van der Waals surface area contributed by atoms with E-state index in [0.29, 0.717) is 6.54 Å². The number of rotatable bonds is 2. The summed E-state index contributed by atoms with van der Waals surface area (Å²) in [6, 6.07) is 4.16. The van der Waals surface area contributed by atoms with Crippen molar-refractivity contribution in [1.82, 2.24) is 9.55 Å². The summed E-state index contributed by atoms with van der Waals surface area (Å²) in [5.74, 6) is 0.936. The van der Waals surface area contributed by atoms with Gasteiger partial charge in [-0.2, -0.15) is 0 Å². The van der Waals surface area contributed by atoms with Crippen LogP contribution in [0.5, 0.6) is 0 Å². The van der Waals surface area contributed by atoms with Gasteiger partial charge in [0.15, 0.2) is 0 Å². The van der Waals surface area contributed by atoms with Gasteiger partial charge in [0.1, 0.15) is 5.82 Å². The zero-order valence-corrected chi connectivity index (χ0v) is 9.14. The molecule has 0 aliphatic rings. The highest BCUT2D eigenvalue weighted by molar-refractivity contribution is 7.13. The lowest BCUT2D eigenvalue weighted by atomic mass is 10.3. The summed E-state index contributed by atoms with van der Waals surface area (Å²) < 4.78 is 2.07. The van der Waals surface area contributed by atoms with Gasteiger partial charge in [0.05, 0.1) is 22.8 Å². The summed E-state index contributed by atoms with van der Waals surface area (Å²) in [6.07, 6.45) is 0. The van der Waals surface area contributed by atoms with Crippen molar-refractivity contribution >= 4 is 11.3 Å². The Morgan fingerprint density at radius 1 is 1.57 bits per heavy atom. The van der Waals surface area contributed by atoms with Crippen LogP contribution in [0.2, 0.25) is 0 Å². The maximum Gasteiger partial charge on any atom is 0.123 e. The number of hydrogen-bond donors (Lipinski definition) is 1. The Balaban J connectivity index is 2.58.